The lowest BCUT2D eigenvalue weighted by Gasteiger charge is -2.38. The number of carboxylic acids is 1. The van der Waals surface area contributed by atoms with Crippen molar-refractivity contribution in [3.05, 3.63) is 12.2 Å². The summed E-state index contributed by atoms with van der Waals surface area (Å²) in [6.45, 7) is 3.70. The molecule has 11 heteroatoms. The number of hydrogen-bond acceptors (Lipinski definition) is 10. The topological polar surface area (TPSA) is 169 Å². The summed E-state index contributed by atoms with van der Waals surface area (Å²) in [5.74, 6) is -2.46. The Labute approximate surface area is 282 Å². The van der Waals surface area contributed by atoms with Crippen LogP contribution in [0.2, 0.25) is 0 Å². The number of carbonyl (C=O) groups is 3. The zero-order chi connectivity index (χ0) is 34.7. The van der Waals surface area contributed by atoms with Gasteiger partial charge in [0.1, 0.15) is 24.9 Å². The van der Waals surface area contributed by atoms with Crippen LogP contribution in [0.5, 0.6) is 0 Å². The molecule has 0 aromatic rings. The van der Waals surface area contributed by atoms with Crippen LogP contribution in [0.25, 0.3) is 0 Å². The van der Waals surface area contributed by atoms with E-state index in [0.29, 0.717) is 12.8 Å². The number of rotatable bonds is 29. The van der Waals surface area contributed by atoms with Crippen molar-refractivity contribution in [3.8, 4) is 0 Å². The molecule has 11 nitrogen and oxygen atoms in total. The van der Waals surface area contributed by atoms with E-state index in [2.05, 4.69) is 26.0 Å². The minimum Gasteiger partial charge on any atom is -0.479 e. The number of aliphatic hydroxyl groups is 3. The molecule has 0 saturated carbocycles. The molecule has 0 aromatic carbocycles. The summed E-state index contributed by atoms with van der Waals surface area (Å²) in [5, 5.41) is 39.5. The van der Waals surface area contributed by atoms with E-state index in [-0.39, 0.29) is 26.1 Å². The van der Waals surface area contributed by atoms with Crippen LogP contribution in [0.1, 0.15) is 149 Å². The molecule has 1 heterocycles. The third-order valence-electron chi connectivity index (χ3n) is 8.35. The van der Waals surface area contributed by atoms with Crippen LogP contribution in [0.3, 0.4) is 0 Å². The lowest BCUT2D eigenvalue weighted by atomic mass is 9.99. The van der Waals surface area contributed by atoms with Crippen LogP contribution in [0.4, 0.5) is 0 Å². The van der Waals surface area contributed by atoms with E-state index in [0.717, 1.165) is 64.2 Å². The van der Waals surface area contributed by atoms with Gasteiger partial charge in [-0.25, -0.2) is 4.79 Å². The van der Waals surface area contributed by atoms with Gasteiger partial charge in [-0.2, -0.15) is 0 Å². The molecule has 6 unspecified atom stereocenters. The summed E-state index contributed by atoms with van der Waals surface area (Å²) in [6.07, 6.45) is 15.7. The van der Waals surface area contributed by atoms with Gasteiger partial charge in [0.25, 0.3) is 0 Å². The molecule has 4 N–H and O–H groups in total. The van der Waals surface area contributed by atoms with Crippen LogP contribution >= 0.6 is 0 Å². The van der Waals surface area contributed by atoms with Crippen molar-refractivity contribution in [1.82, 2.24) is 0 Å². The Morgan fingerprint density at radius 2 is 1.17 bits per heavy atom. The number of carboxylic acid groups (broad SMARTS) is 1. The van der Waals surface area contributed by atoms with E-state index in [1.165, 1.54) is 44.9 Å². The maximum absolute atomic E-state index is 12.6. The minimum absolute atomic E-state index is 0.185. The number of esters is 2. The maximum atomic E-state index is 12.6. The molecule has 1 aliphatic heterocycles. The summed E-state index contributed by atoms with van der Waals surface area (Å²) in [5.41, 5.74) is 0. The molecule has 1 aliphatic rings. The highest BCUT2D eigenvalue weighted by Crippen LogP contribution is 2.23. The largest absolute Gasteiger partial charge is 0.479 e. The van der Waals surface area contributed by atoms with E-state index < -0.39 is 54.7 Å². The van der Waals surface area contributed by atoms with E-state index in [1.54, 1.807) is 0 Å². The molecule has 0 amide bonds. The predicted molar refractivity (Wildman–Crippen MR) is 179 cm³/mol. The van der Waals surface area contributed by atoms with Crippen LogP contribution in [-0.4, -0.2) is 88.4 Å². The average molecular weight is 673 g/mol. The molecule has 1 saturated heterocycles. The van der Waals surface area contributed by atoms with Gasteiger partial charge in [-0.1, -0.05) is 116 Å². The van der Waals surface area contributed by atoms with Crippen LogP contribution in [-0.2, 0) is 33.3 Å². The molecule has 0 radical (unpaired) electrons. The van der Waals surface area contributed by atoms with Crippen LogP contribution in [0.15, 0.2) is 12.2 Å². The third kappa shape index (κ3) is 20.8. The second kappa shape index (κ2) is 27.9. The first-order valence-corrected chi connectivity index (χ1v) is 18.2. The van der Waals surface area contributed by atoms with Crippen molar-refractivity contribution in [3.63, 3.8) is 0 Å². The molecule has 6 atom stereocenters. The Balaban J connectivity index is 2.48. The number of hydrogen-bond donors (Lipinski definition) is 4. The predicted octanol–water partition coefficient (Wildman–Crippen LogP) is 6.14. The summed E-state index contributed by atoms with van der Waals surface area (Å²) in [7, 11) is 0. The van der Waals surface area contributed by atoms with Crippen LogP contribution in [0, 0.1) is 0 Å². The van der Waals surface area contributed by atoms with Gasteiger partial charge in [-0.05, 0) is 32.1 Å². The number of ether oxygens (including phenoxy) is 4. The third-order valence-corrected chi connectivity index (χ3v) is 8.35. The summed E-state index contributed by atoms with van der Waals surface area (Å²) < 4.78 is 21.5. The molecule has 0 aliphatic carbocycles. The lowest BCUT2D eigenvalue weighted by Crippen LogP contribution is -2.60. The van der Waals surface area contributed by atoms with Gasteiger partial charge >= 0.3 is 17.9 Å². The number of aliphatic carboxylic acids is 1. The van der Waals surface area contributed by atoms with Crippen molar-refractivity contribution in [2.24, 2.45) is 0 Å². The highest BCUT2D eigenvalue weighted by Gasteiger charge is 2.47. The van der Waals surface area contributed by atoms with Gasteiger partial charge in [0, 0.05) is 12.8 Å². The number of allylic oxidation sites excluding steroid dienone is 2. The molecule has 0 bridgehead atoms. The Kier molecular flexibility index (Phi) is 25.5. The fourth-order valence-corrected chi connectivity index (χ4v) is 5.41. The van der Waals surface area contributed by atoms with E-state index in [1.807, 2.05) is 0 Å². The normalized spacial score (nSPS) is 21.9. The van der Waals surface area contributed by atoms with Crippen molar-refractivity contribution in [2.45, 2.75) is 185 Å². The SMILES string of the molecule is CCC/C=C\CCCCCCCC(=O)OCC(COC1OC(C(=O)O)C(O)C(O)C1O)OC(=O)CCCCCCCCCCCCC. The maximum Gasteiger partial charge on any atom is 0.335 e. The molecule has 1 rings (SSSR count). The second-order valence-electron chi connectivity index (χ2n) is 12.7. The van der Waals surface area contributed by atoms with Crippen molar-refractivity contribution in [1.29, 1.82) is 0 Å². The number of unbranched alkanes of at least 4 members (excludes halogenated alkanes) is 16. The molecule has 47 heavy (non-hydrogen) atoms. The van der Waals surface area contributed by atoms with E-state index in [4.69, 9.17) is 18.9 Å². The summed E-state index contributed by atoms with van der Waals surface area (Å²) in [4.78, 5) is 36.4. The second-order valence-corrected chi connectivity index (χ2v) is 12.7. The number of carbonyl (C=O) groups excluding carboxylic acids is 2. The fraction of sp³-hybridized carbons (Fsp3) is 0.861. The molecule has 274 valence electrons. The van der Waals surface area contributed by atoms with Gasteiger partial charge in [0.15, 0.2) is 18.5 Å². The van der Waals surface area contributed by atoms with Crippen LogP contribution < -0.4 is 0 Å². The van der Waals surface area contributed by atoms with Crippen molar-refractivity contribution >= 4 is 17.9 Å². The quantitative estimate of drug-likeness (QED) is 0.0409. The average Bonchev–Trinajstić information content (AvgIpc) is 3.05. The highest BCUT2D eigenvalue weighted by molar-refractivity contribution is 5.73. The standard InChI is InChI=1S/C36H64O11/c1-3-5-7-9-11-13-15-17-19-21-23-25-30(38)46-28(27-45-36-33(41)31(39)32(40)34(47-36)35(42)43)26-44-29(37)24-22-20-18-16-14-12-10-8-6-4-2/h8,10,28,31-34,36,39-41H,3-7,9,11-27H2,1-2H3,(H,42,43)/b10-8-. The summed E-state index contributed by atoms with van der Waals surface area (Å²) in [6, 6.07) is 0. The molecule has 0 aromatic heterocycles. The van der Waals surface area contributed by atoms with Crippen molar-refractivity contribution in [2.75, 3.05) is 13.2 Å². The first-order chi connectivity index (χ1) is 22.7. The zero-order valence-electron chi connectivity index (χ0n) is 29.0. The smallest absolute Gasteiger partial charge is 0.335 e. The Bertz CT molecular complexity index is 849. The first kappa shape index (κ1) is 43.0. The van der Waals surface area contributed by atoms with E-state index in [9.17, 15) is 34.8 Å². The Hall–Kier alpha value is -2.05. The molecule has 0 spiro atoms. The Morgan fingerprint density at radius 1 is 0.638 bits per heavy atom. The number of aliphatic hydroxyl groups excluding tert-OH is 3. The highest BCUT2D eigenvalue weighted by atomic mass is 16.7. The fourth-order valence-electron chi connectivity index (χ4n) is 5.41. The monoisotopic (exact) mass is 672 g/mol. The first-order valence-electron chi connectivity index (χ1n) is 18.2. The zero-order valence-corrected chi connectivity index (χ0v) is 29.0. The van der Waals surface area contributed by atoms with Crippen molar-refractivity contribution < 1.29 is 53.8 Å². The van der Waals surface area contributed by atoms with E-state index >= 15 is 0 Å². The van der Waals surface area contributed by atoms with Gasteiger partial charge in [-0.15, -0.1) is 0 Å². The Morgan fingerprint density at radius 3 is 1.74 bits per heavy atom. The van der Waals surface area contributed by atoms with Gasteiger partial charge < -0.3 is 39.4 Å². The summed E-state index contributed by atoms with van der Waals surface area (Å²) >= 11 is 0. The molecular weight excluding hydrogens is 608 g/mol. The minimum atomic E-state index is -1.86. The van der Waals surface area contributed by atoms with Gasteiger partial charge in [0.2, 0.25) is 0 Å². The molecular formula is C36H64O11. The lowest BCUT2D eigenvalue weighted by molar-refractivity contribution is -0.298. The van der Waals surface area contributed by atoms with Gasteiger partial charge in [0.05, 0.1) is 6.61 Å². The van der Waals surface area contributed by atoms with Gasteiger partial charge in [-0.3, -0.25) is 9.59 Å². The molecule has 1 fully saturated rings.